The van der Waals surface area contributed by atoms with E-state index in [9.17, 15) is 4.79 Å². The van der Waals surface area contributed by atoms with E-state index in [0.29, 0.717) is 19.5 Å². The van der Waals surface area contributed by atoms with Crippen molar-refractivity contribution in [3.05, 3.63) is 132 Å². The second kappa shape index (κ2) is 9.64. The minimum absolute atomic E-state index is 0.0273. The van der Waals surface area contributed by atoms with Crippen molar-refractivity contribution in [1.82, 2.24) is 0 Å². The first-order valence-electron chi connectivity index (χ1n) is 12.5. The molecule has 37 heavy (non-hydrogen) atoms. The summed E-state index contributed by atoms with van der Waals surface area (Å²) in [5.74, 6) is 0.0273. The van der Waals surface area contributed by atoms with E-state index in [1.807, 2.05) is 29.2 Å². The summed E-state index contributed by atoms with van der Waals surface area (Å²) in [6.07, 6.45) is 0.674. The molecular weight excluding hydrogens is 454 g/mol. The number of benzene rings is 5. The number of rotatable bonds is 7. The van der Waals surface area contributed by atoms with Gasteiger partial charge in [0.05, 0.1) is 5.69 Å². The summed E-state index contributed by atoms with van der Waals surface area (Å²) in [6.45, 7) is 8.04. The van der Waals surface area contributed by atoms with Gasteiger partial charge in [-0.15, -0.1) is 0 Å². The third-order valence-corrected chi connectivity index (χ3v) is 6.90. The van der Waals surface area contributed by atoms with Crippen LogP contribution in [0.2, 0.25) is 0 Å². The standard InChI is InChI=1S/C33H25N3O/c1-34-22-9-23-35-31-21-20-28(29-14-8-15-30(32(29)31)33(35)37)24-16-18-27(19-17-24)36(25-10-4-2-5-11-25)26-12-6-3-7-13-26/h2-8,10-21H,9,22-23H2. The van der Waals surface area contributed by atoms with Gasteiger partial charge in [-0.1, -0.05) is 66.7 Å². The van der Waals surface area contributed by atoms with Gasteiger partial charge in [0.2, 0.25) is 6.54 Å². The van der Waals surface area contributed by atoms with Crippen LogP contribution in [-0.2, 0) is 0 Å². The van der Waals surface area contributed by atoms with E-state index in [-0.39, 0.29) is 5.91 Å². The summed E-state index contributed by atoms with van der Waals surface area (Å²) in [4.78, 5) is 20.7. The van der Waals surface area contributed by atoms with Gasteiger partial charge in [-0.25, -0.2) is 6.57 Å². The largest absolute Gasteiger partial charge is 0.317 e. The maximum Gasteiger partial charge on any atom is 0.259 e. The molecule has 1 aliphatic rings. The van der Waals surface area contributed by atoms with Gasteiger partial charge in [-0.3, -0.25) is 4.79 Å². The van der Waals surface area contributed by atoms with Crippen molar-refractivity contribution in [2.45, 2.75) is 6.42 Å². The Bertz CT molecular complexity index is 1580. The van der Waals surface area contributed by atoms with Crippen LogP contribution in [0.4, 0.5) is 22.7 Å². The Hall–Kier alpha value is -4.88. The Balaban J connectivity index is 1.40. The quantitative estimate of drug-likeness (QED) is 0.174. The minimum Gasteiger partial charge on any atom is -0.317 e. The number of anilines is 4. The first-order chi connectivity index (χ1) is 18.3. The van der Waals surface area contributed by atoms with Gasteiger partial charge in [0.15, 0.2) is 0 Å². The van der Waals surface area contributed by atoms with Gasteiger partial charge < -0.3 is 14.6 Å². The third kappa shape index (κ3) is 4.01. The second-order valence-corrected chi connectivity index (χ2v) is 9.11. The highest BCUT2D eigenvalue weighted by atomic mass is 16.2. The maximum atomic E-state index is 13.2. The average Bonchev–Trinajstić information content (AvgIpc) is 3.23. The van der Waals surface area contributed by atoms with Gasteiger partial charge in [-0.05, 0) is 65.0 Å². The molecule has 1 amide bonds. The van der Waals surface area contributed by atoms with Crippen LogP contribution < -0.4 is 9.80 Å². The zero-order valence-electron chi connectivity index (χ0n) is 20.3. The summed E-state index contributed by atoms with van der Waals surface area (Å²) >= 11 is 0. The van der Waals surface area contributed by atoms with Gasteiger partial charge in [0.1, 0.15) is 0 Å². The van der Waals surface area contributed by atoms with E-state index >= 15 is 0 Å². The van der Waals surface area contributed by atoms with E-state index in [1.54, 1.807) is 0 Å². The minimum atomic E-state index is 0.0273. The lowest BCUT2D eigenvalue weighted by molar-refractivity contribution is 0.0993. The Morgan fingerprint density at radius 3 is 1.97 bits per heavy atom. The van der Waals surface area contributed by atoms with Crippen molar-refractivity contribution >= 4 is 39.4 Å². The molecule has 4 nitrogen and oxygen atoms in total. The Kier molecular flexibility index (Phi) is 5.88. The van der Waals surface area contributed by atoms with Crippen molar-refractivity contribution in [2.75, 3.05) is 22.9 Å². The summed E-state index contributed by atoms with van der Waals surface area (Å²) in [5.41, 5.74) is 7.18. The highest BCUT2D eigenvalue weighted by molar-refractivity contribution is 6.26. The number of nitrogens with zero attached hydrogens (tertiary/aromatic N) is 3. The first kappa shape index (κ1) is 22.6. The smallest absolute Gasteiger partial charge is 0.259 e. The summed E-state index contributed by atoms with van der Waals surface area (Å²) in [5, 5.41) is 2.08. The molecular formula is C33H25N3O. The number of carbonyl (C=O) groups is 1. The SMILES string of the molecule is [C-]#[N+]CCCN1C(=O)c2cccc3c(-c4ccc(N(c5ccccc5)c5ccccc5)cc4)ccc1c23. The maximum absolute atomic E-state index is 13.2. The predicted molar refractivity (Wildman–Crippen MR) is 152 cm³/mol. The van der Waals surface area contributed by atoms with Crippen LogP contribution in [-0.4, -0.2) is 19.0 Å². The number of hydrogen-bond donors (Lipinski definition) is 0. The monoisotopic (exact) mass is 479 g/mol. The molecule has 0 spiro atoms. The lowest BCUT2D eigenvalue weighted by Crippen LogP contribution is -2.28. The van der Waals surface area contributed by atoms with Crippen LogP contribution in [0.1, 0.15) is 16.8 Å². The van der Waals surface area contributed by atoms with Gasteiger partial charge in [0.25, 0.3) is 5.91 Å². The van der Waals surface area contributed by atoms with Gasteiger partial charge >= 0.3 is 0 Å². The lowest BCUT2D eigenvalue weighted by Gasteiger charge is -2.25. The Morgan fingerprint density at radius 1 is 0.676 bits per heavy atom. The molecule has 0 N–H and O–H groups in total. The summed E-state index contributed by atoms with van der Waals surface area (Å²) in [7, 11) is 0. The molecule has 0 aromatic heterocycles. The second-order valence-electron chi connectivity index (χ2n) is 9.11. The van der Waals surface area contributed by atoms with Gasteiger partial charge in [-0.2, -0.15) is 0 Å². The van der Waals surface area contributed by atoms with Crippen LogP contribution in [0, 0.1) is 6.57 Å². The zero-order chi connectivity index (χ0) is 25.2. The highest BCUT2D eigenvalue weighted by Crippen LogP contribution is 2.42. The fourth-order valence-electron chi connectivity index (χ4n) is 5.22. The average molecular weight is 480 g/mol. The summed E-state index contributed by atoms with van der Waals surface area (Å²) < 4.78 is 0. The van der Waals surface area contributed by atoms with Crippen molar-refractivity contribution in [3.8, 4) is 11.1 Å². The van der Waals surface area contributed by atoms with Crippen molar-refractivity contribution in [2.24, 2.45) is 0 Å². The number of hydrogen-bond acceptors (Lipinski definition) is 2. The highest BCUT2D eigenvalue weighted by Gasteiger charge is 2.30. The Labute approximate surface area is 216 Å². The van der Waals surface area contributed by atoms with E-state index in [4.69, 9.17) is 6.57 Å². The number of carbonyl (C=O) groups excluding carboxylic acids is 1. The van der Waals surface area contributed by atoms with Crippen LogP contribution >= 0.6 is 0 Å². The Morgan fingerprint density at radius 2 is 1.32 bits per heavy atom. The molecule has 1 aliphatic heterocycles. The normalized spacial score (nSPS) is 12.1. The molecule has 6 rings (SSSR count). The summed E-state index contributed by atoms with van der Waals surface area (Å²) in [6, 6.07) is 39.5. The van der Waals surface area contributed by atoms with E-state index in [1.165, 1.54) is 0 Å². The van der Waals surface area contributed by atoms with Crippen molar-refractivity contribution in [1.29, 1.82) is 0 Å². The predicted octanol–water partition coefficient (Wildman–Crippen LogP) is 8.25. The molecule has 5 aromatic carbocycles. The van der Waals surface area contributed by atoms with Crippen molar-refractivity contribution < 1.29 is 4.79 Å². The molecule has 5 aromatic rings. The van der Waals surface area contributed by atoms with Crippen LogP contribution in [0.25, 0.3) is 26.7 Å². The molecule has 0 fully saturated rings. The molecule has 0 unspecified atom stereocenters. The third-order valence-electron chi connectivity index (χ3n) is 6.90. The molecule has 0 saturated heterocycles. The molecule has 0 radical (unpaired) electrons. The van der Waals surface area contributed by atoms with E-state index in [0.717, 1.165) is 50.2 Å². The lowest BCUT2D eigenvalue weighted by atomic mass is 9.95. The fourth-order valence-corrected chi connectivity index (χ4v) is 5.22. The molecule has 178 valence electrons. The molecule has 0 bridgehead atoms. The van der Waals surface area contributed by atoms with Crippen LogP contribution in [0.5, 0.6) is 0 Å². The molecule has 4 heteroatoms. The van der Waals surface area contributed by atoms with Crippen LogP contribution in [0.3, 0.4) is 0 Å². The molecule has 0 aliphatic carbocycles. The van der Waals surface area contributed by atoms with Crippen molar-refractivity contribution in [3.63, 3.8) is 0 Å². The molecule has 0 atom stereocenters. The molecule has 0 saturated carbocycles. The van der Waals surface area contributed by atoms with E-state index in [2.05, 4.69) is 101 Å². The fraction of sp³-hybridized carbons (Fsp3) is 0.0909. The first-order valence-corrected chi connectivity index (χ1v) is 12.5. The molecule has 1 heterocycles. The topological polar surface area (TPSA) is 27.9 Å². The van der Waals surface area contributed by atoms with E-state index < -0.39 is 0 Å². The zero-order valence-corrected chi connectivity index (χ0v) is 20.3. The number of amides is 1. The van der Waals surface area contributed by atoms with Crippen LogP contribution in [0.15, 0.2) is 115 Å². The van der Waals surface area contributed by atoms with Gasteiger partial charge in [0, 0.05) is 41.0 Å². The number of para-hydroxylation sites is 2.